The van der Waals surface area contributed by atoms with Crippen LogP contribution in [0.2, 0.25) is 0 Å². The van der Waals surface area contributed by atoms with Crippen LogP contribution >= 0.6 is 0 Å². The van der Waals surface area contributed by atoms with Gasteiger partial charge in [0.05, 0.1) is 11.1 Å². The number of pyridine rings is 1. The van der Waals surface area contributed by atoms with Crippen LogP contribution in [-0.4, -0.2) is 4.98 Å². The van der Waals surface area contributed by atoms with E-state index in [9.17, 15) is 13.2 Å². The Morgan fingerprint density at radius 1 is 1.21 bits per heavy atom. The van der Waals surface area contributed by atoms with Crippen LogP contribution in [0.1, 0.15) is 5.56 Å². The highest BCUT2D eigenvalue weighted by atomic mass is 19.4. The van der Waals surface area contributed by atoms with Crippen LogP contribution in [0.4, 0.5) is 13.2 Å². The quantitative estimate of drug-likeness (QED) is 0.631. The Kier molecular flexibility index (Phi) is 1.91. The molecule has 4 heteroatoms. The largest absolute Gasteiger partial charge is 0.416 e. The molecule has 1 heterocycles. The second-order valence-corrected chi connectivity index (χ2v) is 2.84. The SMILES string of the molecule is FC(F)(F)c1ccc2nc[c]cc2c1. The number of benzene rings is 1. The Morgan fingerprint density at radius 2 is 2.00 bits per heavy atom. The van der Waals surface area contributed by atoms with E-state index in [2.05, 4.69) is 11.1 Å². The molecule has 0 fully saturated rings. The molecular weight excluding hydrogens is 191 g/mol. The monoisotopic (exact) mass is 196 g/mol. The smallest absolute Gasteiger partial charge is 0.256 e. The van der Waals surface area contributed by atoms with Crippen LogP contribution in [0, 0.1) is 6.07 Å². The summed E-state index contributed by atoms with van der Waals surface area (Å²) in [5.41, 5.74) is -0.122. The van der Waals surface area contributed by atoms with Crippen LogP contribution in [0.25, 0.3) is 10.9 Å². The number of halogens is 3. The number of hydrogen-bond donors (Lipinski definition) is 0. The number of alkyl halides is 3. The number of nitrogens with zero attached hydrogens (tertiary/aromatic N) is 1. The van der Waals surface area contributed by atoms with E-state index in [4.69, 9.17) is 0 Å². The molecule has 0 saturated heterocycles. The van der Waals surface area contributed by atoms with Crippen molar-refractivity contribution in [2.24, 2.45) is 0 Å². The standard InChI is InChI=1S/C10H5F3N/c11-10(12,13)8-3-4-9-7(6-8)2-1-5-14-9/h2-6H. The summed E-state index contributed by atoms with van der Waals surface area (Å²) in [6.07, 6.45) is -2.88. The predicted octanol–water partition coefficient (Wildman–Crippen LogP) is 3.05. The molecule has 0 amide bonds. The van der Waals surface area contributed by atoms with Crippen molar-refractivity contribution in [3.8, 4) is 0 Å². The lowest BCUT2D eigenvalue weighted by Gasteiger charge is -2.06. The molecule has 0 aliphatic carbocycles. The van der Waals surface area contributed by atoms with E-state index in [1.807, 2.05) is 0 Å². The molecule has 0 spiro atoms. The molecule has 1 radical (unpaired) electrons. The van der Waals surface area contributed by atoms with Gasteiger partial charge in [-0.15, -0.1) is 0 Å². The van der Waals surface area contributed by atoms with E-state index in [0.29, 0.717) is 10.9 Å². The fourth-order valence-corrected chi connectivity index (χ4v) is 1.20. The molecule has 0 bridgehead atoms. The minimum Gasteiger partial charge on any atom is -0.256 e. The molecule has 0 aliphatic rings. The Hall–Kier alpha value is -1.58. The minimum absolute atomic E-state index is 0.447. The lowest BCUT2D eigenvalue weighted by molar-refractivity contribution is -0.137. The molecule has 2 aromatic rings. The van der Waals surface area contributed by atoms with Gasteiger partial charge in [-0.2, -0.15) is 13.2 Å². The van der Waals surface area contributed by atoms with Crippen LogP contribution in [-0.2, 0) is 6.18 Å². The molecule has 0 N–H and O–H groups in total. The van der Waals surface area contributed by atoms with Gasteiger partial charge in [0.15, 0.2) is 0 Å². The van der Waals surface area contributed by atoms with Gasteiger partial charge in [-0.25, -0.2) is 0 Å². The Labute approximate surface area is 78.2 Å². The molecule has 2 rings (SSSR count). The number of hydrogen-bond acceptors (Lipinski definition) is 1. The zero-order chi connectivity index (χ0) is 10.2. The maximum atomic E-state index is 12.3. The number of rotatable bonds is 0. The first-order chi connectivity index (χ1) is 6.57. The van der Waals surface area contributed by atoms with Crippen molar-refractivity contribution in [3.63, 3.8) is 0 Å². The number of fused-ring (bicyclic) bond motifs is 1. The summed E-state index contributed by atoms with van der Waals surface area (Å²) in [6.45, 7) is 0. The summed E-state index contributed by atoms with van der Waals surface area (Å²) in [5, 5.41) is 0.447. The van der Waals surface area contributed by atoms with Crippen molar-refractivity contribution in [2.75, 3.05) is 0 Å². The van der Waals surface area contributed by atoms with Gasteiger partial charge < -0.3 is 0 Å². The minimum atomic E-state index is -4.30. The first-order valence-electron chi connectivity index (χ1n) is 3.90. The molecule has 1 aromatic carbocycles. The third kappa shape index (κ3) is 1.55. The highest BCUT2D eigenvalue weighted by Gasteiger charge is 2.30. The molecule has 0 saturated carbocycles. The van der Waals surface area contributed by atoms with Gasteiger partial charge in [0.2, 0.25) is 0 Å². The third-order valence-corrected chi connectivity index (χ3v) is 1.87. The molecular formula is C10H5F3N. The van der Waals surface area contributed by atoms with E-state index < -0.39 is 11.7 Å². The van der Waals surface area contributed by atoms with Crippen molar-refractivity contribution < 1.29 is 13.2 Å². The highest BCUT2D eigenvalue weighted by Crippen LogP contribution is 2.30. The van der Waals surface area contributed by atoms with Crippen molar-refractivity contribution in [1.82, 2.24) is 4.98 Å². The predicted molar refractivity (Wildman–Crippen MR) is 45.6 cm³/mol. The fraction of sp³-hybridized carbons (Fsp3) is 0.100. The molecule has 1 aromatic heterocycles. The lowest BCUT2D eigenvalue weighted by Crippen LogP contribution is -2.04. The van der Waals surface area contributed by atoms with Gasteiger partial charge in [0.25, 0.3) is 0 Å². The van der Waals surface area contributed by atoms with E-state index in [0.717, 1.165) is 12.1 Å². The van der Waals surface area contributed by atoms with E-state index >= 15 is 0 Å². The fourth-order valence-electron chi connectivity index (χ4n) is 1.20. The zero-order valence-corrected chi connectivity index (χ0v) is 6.97. The summed E-state index contributed by atoms with van der Waals surface area (Å²) in [4.78, 5) is 3.88. The summed E-state index contributed by atoms with van der Waals surface area (Å²) in [7, 11) is 0. The van der Waals surface area contributed by atoms with Crippen molar-refractivity contribution in [2.45, 2.75) is 6.18 Å². The van der Waals surface area contributed by atoms with Crippen LogP contribution in [0.3, 0.4) is 0 Å². The molecule has 1 nitrogen and oxygen atoms in total. The van der Waals surface area contributed by atoms with Crippen molar-refractivity contribution in [3.05, 3.63) is 42.1 Å². The summed E-state index contributed by atoms with van der Waals surface area (Å²) in [5.74, 6) is 0. The van der Waals surface area contributed by atoms with E-state index in [1.165, 1.54) is 18.3 Å². The molecule has 0 atom stereocenters. The van der Waals surface area contributed by atoms with E-state index in [-0.39, 0.29) is 0 Å². The van der Waals surface area contributed by atoms with E-state index in [1.54, 1.807) is 0 Å². The first kappa shape index (κ1) is 8.99. The lowest BCUT2D eigenvalue weighted by atomic mass is 10.1. The van der Waals surface area contributed by atoms with Crippen LogP contribution in [0.15, 0.2) is 30.5 Å². The zero-order valence-electron chi connectivity index (χ0n) is 6.97. The number of aromatic nitrogens is 1. The maximum absolute atomic E-state index is 12.3. The molecule has 0 aliphatic heterocycles. The molecule has 14 heavy (non-hydrogen) atoms. The average molecular weight is 196 g/mol. The van der Waals surface area contributed by atoms with Gasteiger partial charge in [-0.05, 0) is 24.3 Å². The topological polar surface area (TPSA) is 12.9 Å². The Morgan fingerprint density at radius 3 is 2.71 bits per heavy atom. The van der Waals surface area contributed by atoms with Crippen LogP contribution in [0.5, 0.6) is 0 Å². The Balaban J connectivity index is 2.63. The average Bonchev–Trinajstić information content (AvgIpc) is 2.16. The second-order valence-electron chi connectivity index (χ2n) is 2.84. The summed E-state index contributed by atoms with van der Waals surface area (Å²) < 4.78 is 36.9. The second kappa shape index (κ2) is 2.97. The Bertz CT molecular complexity index is 462. The van der Waals surface area contributed by atoms with Gasteiger partial charge in [-0.3, -0.25) is 4.98 Å². The summed E-state index contributed by atoms with van der Waals surface area (Å²) in [6, 6.07) is 7.56. The van der Waals surface area contributed by atoms with Gasteiger partial charge in [-0.1, -0.05) is 0 Å². The van der Waals surface area contributed by atoms with Crippen LogP contribution < -0.4 is 0 Å². The first-order valence-corrected chi connectivity index (χ1v) is 3.90. The van der Waals surface area contributed by atoms with Gasteiger partial charge in [0, 0.05) is 17.6 Å². The molecule has 0 unspecified atom stereocenters. The normalized spacial score (nSPS) is 11.9. The highest BCUT2D eigenvalue weighted by molar-refractivity contribution is 5.78. The summed E-state index contributed by atoms with van der Waals surface area (Å²) >= 11 is 0. The third-order valence-electron chi connectivity index (χ3n) is 1.87. The molecule has 71 valence electrons. The van der Waals surface area contributed by atoms with Gasteiger partial charge >= 0.3 is 6.18 Å². The van der Waals surface area contributed by atoms with Crippen molar-refractivity contribution in [1.29, 1.82) is 0 Å². The maximum Gasteiger partial charge on any atom is 0.416 e. The van der Waals surface area contributed by atoms with Crippen molar-refractivity contribution >= 4 is 10.9 Å². The van der Waals surface area contributed by atoms with Gasteiger partial charge in [0.1, 0.15) is 0 Å².